The quantitative estimate of drug-likeness (QED) is 0.640. The van der Waals surface area contributed by atoms with Crippen LogP contribution >= 0.6 is 0 Å². The highest BCUT2D eigenvalue weighted by Gasteiger charge is 2.41. The van der Waals surface area contributed by atoms with E-state index in [4.69, 9.17) is 0 Å². The Kier molecular flexibility index (Phi) is 6.23. The van der Waals surface area contributed by atoms with Crippen molar-refractivity contribution in [1.82, 2.24) is 9.88 Å². The van der Waals surface area contributed by atoms with Crippen LogP contribution in [0.25, 0.3) is 0 Å². The zero-order valence-corrected chi connectivity index (χ0v) is 16.7. The molecule has 150 valence electrons. The zero-order valence-electron chi connectivity index (χ0n) is 16.7. The summed E-state index contributed by atoms with van der Waals surface area (Å²) in [4.78, 5) is 6.79. The number of aliphatic hydroxyl groups is 1. The molecule has 0 saturated carbocycles. The molecule has 2 aromatic carbocycles. The number of aromatic nitrogens is 1. The van der Waals surface area contributed by atoms with Crippen molar-refractivity contribution in [3.05, 3.63) is 96.2 Å². The van der Waals surface area contributed by atoms with Crippen molar-refractivity contribution in [1.29, 1.82) is 0 Å². The maximum atomic E-state index is 12.0. The molecule has 0 aliphatic carbocycles. The molecular formula is C25H29N3O. The number of benzene rings is 2. The van der Waals surface area contributed by atoms with Gasteiger partial charge < -0.3 is 15.3 Å². The normalized spacial score (nSPS) is 15.9. The molecule has 29 heavy (non-hydrogen) atoms. The zero-order chi connectivity index (χ0) is 19.9. The fourth-order valence-electron chi connectivity index (χ4n) is 4.41. The van der Waals surface area contributed by atoms with E-state index in [0.29, 0.717) is 0 Å². The molecule has 0 atom stereocenters. The molecule has 1 aromatic heterocycles. The molecule has 1 aliphatic heterocycles. The van der Waals surface area contributed by atoms with Crippen LogP contribution in [0.5, 0.6) is 0 Å². The third-order valence-electron chi connectivity index (χ3n) is 6.01. The first-order chi connectivity index (χ1) is 14.3. The number of anilines is 1. The van der Waals surface area contributed by atoms with E-state index in [0.717, 1.165) is 56.0 Å². The predicted molar refractivity (Wildman–Crippen MR) is 118 cm³/mol. The van der Waals surface area contributed by atoms with Crippen molar-refractivity contribution in [2.75, 3.05) is 31.5 Å². The molecule has 1 fully saturated rings. The Morgan fingerprint density at radius 1 is 0.862 bits per heavy atom. The number of pyridine rings is 1. The lowest BCUT2D eigenvalue weighted by atomic mass is 9.72. The summed E-state index contributed by atoms with van der Waals surface area (Å²) in [5, 5.41) is 15.3. The predicted octanol–water partition coefficient (Wildman–Crippen LogP) is 4.14. The molecule has 4 nitrogen and oxygen atoms in total. The van der Waals surface area contributed by atoms with Gasteiger partial charge in [-0.25, -0.2) is 4.98 Å². The highest BCUT2D eigenvalue weighted by atomic mass is 16.3. The number of piperidine rings is 1. The molecule has 2 heterocycles. The molecule has 0 spiro atoms. The second-order valence-corrected chi connectivity index (χ2v) is 7.76. The van der Waals surface area contributed by atoms with Crippen molar-refractivity contribution in [2.45, 2.75) is 18.4 Å². The van der Waals surface area contributed by atoms with Crippen molar-refractivity contribution in [3.8, 4) is 0 Å². The lowest BCUT2D eigenvalue weighted by Gasteiger charge is -2.42. The van der Waals surface area contributed by atoms with E-state index in [1.54, 1.807) is 0 Å². The maximum Gasteiger partial charge on any atom is 0.125 e. The summed E-state index contributed by atoms with van der Waals surface area (Å²) in [7, 11) is 0. The monoisotopic (exact) mass is 387 g/mol. The molecule has 4 heteroatoms. The fraction of sp³-hybridized carbons (Fsp3) is 0.320. The van der Waals surface area contributed by atoms with E-state index >= 15 is 0 Å². The Labute approximate surface area is 173 Å². The molecule has 0 amide bonds. The van der Waals surface area contributed by atoms with E-state index in [-0.39, 0.29) is 5.92 Å². The van der Waals surface area contributed by atoms with Gasteiger partial charge in [-0.2, -0.15) is 0 Å². The molecule has 1 saturated heterocycles. The Bertz CT molecular complexity index is 823. The van der Waals surface area contributed by atoms with Gasteiger partial charge in [0.2, 0.25) is 0 Å². The van der Waals surface area contributed by atoms with Crippen LogP contribution in [-0.2, 0) is 5.60 Å². The van der Waals surface area contributed by atoms with E-state index in [2.05, 4.69) is 39.5 Å². The van der Waals surface area contributed by atoms with Crippen molar-refractivity contribution >= 4 is 5.82 Å². The second kappa shape index (κ2) is 9.21. The standard InChI is InChI=1S/C25H29N3O/c29-25(21-9-3-1-4-10-21,22-11-5-2-6-12-22)23-14-18-28(19-15-23)20-17-27-24-13-7-8-16-26-24/h1-13,16,23,29H,14-15,17-20H2,(H,26,27). The summed E-state index contributed by atoms with van der Waals surface area (Å²) < 4.78 is 0. The van der Waals surface area contributed by atoms with Gasteiger partial charge in [-0.1, -0.05) is 66.7 Å². The summed E-state index contributed by atoms with van der Waals surface area (Å²) in [6.45, 7) is 3.86. The molecule has 1 aliphatic rings. The van der Waals surface area contributed by atoms with Crippen molar-refractivity contribution < 1.29 is 5.11 Å². The molecule has 2 N–H and O–H groups in total. The van der Waals surface area contributed by atoms with Gasteiger partial charge in [0.25, 0.3) is 0 Å². The topological polar surface area (TPSA) is 48.4 Å². The van der Waals surface area contributed by atoms with Gasteiger partial charge >= 0.3 is 0 Å². The lowest BCUT2D eigenvalue weighted by Crippen LogP contribution is -2.45. The van der Waals surface area contributed by atoms with Gasteiger partial charge in [-0.15, -0.1) is 0 Å². The maximum absolute atomic E-state index is 12.0. The Balaban J connectivity index is 1.41. The van der Waals surface area contributed by atoms with Crippen LogP contribution in [0.2, 0.25) is 0 Å². The first-order valence-corrected chi connectivity index (χ1v) is 10.5. The molecule has 0 bridgehead atoms. The molecule has 4 rings (SSSR count). The van der Waals surface area contributed by atoms with Crippen molar-refractivity contribution in [2.24, 2.45) is 5.92 Å². The Morgan fingerprint density at radius 3 is 2.00 bits per heavy atom. The first kappa shape index (κ1) is 19.6. The SMILES string of the molecule is OC(c1ccccc1)(c1ccccc1)C1CCN(CCNc2ccccn2)CC1. The van der Waals surface area contributed by atoms with Crippen molar-refractivity contribution in [3.63, 3.8) is 0 Å². The van der Waals surface area contributed by atoms with Gasteiger partial charge in [0.1, 0.15) is 11.4 Å². The number of rotatable bonds is 7. The minimum atomic E-state index is -0.944. The fourth-order valence-corrected chi connectivity index (χ4v) is 4.41. The van der Waals surface area contributed by atoms with Crippen LogP contribution in [0.3, 0.4) is 0 Å². The molecule has 0 unspecified atom stereocenters. The summed E-state index contributed by atoms with van der Waals surface area (Å²) in [5.41, 5.74) is 1.03. The van der Waals surface area contributed by atoms with Crippen LogP contribution in [0.15, 0.2) is 85.1 Å². The largest absolute Gasteiger partial charge is 0.380 e. The highest BCUT2D eigenvalue weighted by Crippen LogP contribution is 2.41. The lowest BCUT2D eigenvalue weighted by molar-refractivity contribution is -0.0136. The average molecular weight is 388 g/mol. The van der Waals surface area contributed by atoms with Crippen LogP contribution in [0.4, 0.5) is 5.82 Å². The number of nitrogens with zero attached hydrogens (tertiary/aromatic N) is 2. The average Bonchev–Trinajstić information content (AvgIpc) is 2.81. The van der Waals surface area contributed by atoms with E-state index in [1.165, 1.54) is 0 Å². The minimum Gasteiger partial charge on any atom is -0.380 e. The summed E-state index contributed by atoms with van der Waals surface area (Å²) >= 11 is 0. The van der Waals surface area contributed by atoms with Crippen LogP contribution in [-0.4, -0.2) is 41.2 Å². The third-order valence-corrected chi connectivity index (χ3v) is 6.01. The van der Waals surface area contributed by atoms with Gasteiger partial charge in [0.15, 0.2) is 0 Å². The van der Waals surface area contributed by atoms with E-state index in [9.17, 15) is 5.11 Å². The summed E-state index contributed by atoms with van der Waals surface area (Å²) in [6.07, 6.45) is 3.76. The van der Waals surface area contributed by atoms with Gasteiger partial charge in [0.05, 0.1) is 0 Å². The van der Waals surface area contributed by atoms with Crippen LogP contribution < -0.4 is 5.32 Å². The Morgan fingerprint density at radius 2 is 1.45 bits per heavy atom. The number of nitrogens with one attached hydrogen (secondary N) is 1. The van der Waals surface area contributed by atoms with E-state index in [1.807, 2.05) is 60.8 Å². The third kappa shape index (κ3) is 4.50. The van der Waals surface area contributed by atoms with Gasteiger partial charge in [0, 0.05) is 19.3 Å². The van der Waals surface area contributed by atoms with Gasteiger partial charge in [-0.3, -0.25) is 0 Å². The first-order valence-electron chi connectivity index (χ1n) is 10.5. The number of hydrogen-bond donors (Lipinski definition) is 2. The minimum absolute atomic E-state index is 0.201. The summed E-state index contributed by atoms with van der Waals surface area (Å²) in [6, 6.07) is 26.2. The second-order valence-electron chi connectivity index (χ2n) is 7.76. The molecular weight excluding hydrogens is 358 g/mol. The smallest absolute Gasteiger partial charge is 0.125 e. The number of likely N-dealkylation sites (tertiary alicyclic amines) is 1. The van der Waals surface area contributed by atoms with Crippen LogP contribution in [0.1, 0.15) is 24.0 Å². The number of hydrogen-bond acceptors (Lipinski definition) is 4. The summed E-state index contributed by atoms with van der Waals surface area (Å²) in [5.74, 6) is 1.12. The molecule has 0 radical (unpaired) electrons. The van der Waals surface area contributed by atoms with E-state index < -0.39 is 5.60 Å². The van der Waals surface area contributed by atoms with Gasteiger partial charge in [-0.05, 0) is 55.1 Å². The van der Waals surface area contributed by atoms with Crippen LogP contribution in [0, 0.1) is 5.92 Å². The molecule has 3 aromatic rings. The highest BCUT2D eigenvalue weighted by molar-refractivity contribution is 5.37. The Hall–Kier alpha value is -2.69.